The summed E-state index contributed by atoms with van der Waals surface area (Å²) < 4.78 is 2.05. The molecule has 0 bridgehead atoms. The van der Waals surface area contributed by atoms with Crippen LogP contribution in [0, 0.1) is 0 Å². The van der Waals surface area contributed by atoms with Crippen LogP contribution in [0.25, 0.3) is 0 Å². The Bertz CT molecular complexity index is 761. The van der Waals surface area contributed by atoms with Gasteiger partial charge in [-0.15, -0.1) is 0 Å². The Labute approximate surface area is 166 Å². The molecule has 1 aliphatic rings. The van der Waals surface area contributed by atoms with Crippen LogP contribution in [-0.4, -0.2) is 47.1 Å². The van der Waals surface area contributed by atoms with Crippen LogP contribution >= 0.6 is 11.6 Å². The molecule has 0 aromatic carbocycles. The van der Waals surface area contributed by atoms with Crippen LogP contribution in [-0.2, 0) is 20.1 Å². The summed E-state index contributed by atoms with van der Waals surface area (Å²) in [6.45, 7) is 6.47. The number of hydrogen-bond acceptors (Lipinski definition) is 3. The molecule has 6 nitrogen and oxygen atoms in total. The van der Waals surface area contributed by atoms with E-state index in [2.05, 4.69) is 39.2 Å². The first-order chi connectivity index (χ1) is 13.1. The first-order valence-corrected chi connectivity index (χ1v) is 9.94. The van der Waals surface area contributed by atoms with E-state index in [-0.39, 0.29) is 0 Å². The van der Waals surface area contributed by atoms with Crippen molar-refractivity contribution in [2.45, 2.75) is 32.9 Å². The van der Waals surface area contributed by atoms with Crippen LogP contribution in [0.3, 0.4) is 0 Å². The second-order valence-electron chi connectivity index (χ2n) is 7.01. The zero-order chi connectivity index (χ0) is 19.2. The van der Waals surface area contributed by atoms with E-state index in [1.54, 1.807) is 0 Å². The molecule has 0 atom stereocenters. The molecule has 1 fully saturated rings. The van der Waals surface area contributed by atoms with Crippen molar-refractivity contribution in [3.63, 3.8) is 0 Å². The Kier molecular flexibility index (Phi) is 6.61. The van der Waals surface area contributed by atoms with Crippen LogP contribution in [0.2, 0.25) is 5.02 Å². The molecular formula is C20H29ClN6. The van der Waals surface area contributed by atoms with Crippen LogP contribution < -0.4 is 10.2 Å². The fourth-order valence-corrected chi connectivity index (χ4v) is 3.59. The minimum Gasteiger partial charge on any atom is -0.357 e. The number of halogens is 1. The average molecular weight is 389 g/mol. The molecule has 0 aliphatic carbocycles. The van der Waals surface area contributed by atoms with Gasteiger partial charge in [0, 0.05) is 51.8 Å². The molecule has 0 spiro atoms. The predicted octanol–water partition coefficient (Wildman–Crippen LogP) is 3.27. The van der Waals surface area contributed by atoms with Crippen LogP contribution in [0.4, 0.5) is 5.82 Å². The van der Waals surface area contributed by atoms with Gasteiger partial charge in [0.05, 0.1) is 18.1 Å². The van der Waals surface area contributed by atoms with Gasteiger partial charge in [0.25, 0.3) is 0 Å². The molecule has 146 valence electrons. The van der Waals surface area contributed by atoms with Gasteiger partial charge in [-0.1, -0.05) is 17.7 Å². The van der Waals surface area contributed by atoms with Gasteiger partial charge in [-0.2, -0.15) is 0 Å². The van der Waals surface area contributed by atoms with Gasteiger partial charge in [0.15, 0.2) is 5.96 Å². The molecule has 7 heteroatoms. The van der Waals surface area contributed by atoms with E-state index in [1.165, 1.54) is 12.8 Å². The molecule has 0 radical (unpaired) electrons. The predicted molar refractivity (Wildman–Crippen MR) is 112 cm³/mol. The monoisotopic (exact) mass is 388 g/mol. The molecule has 2 aromatic rings. The molecule has 1 aliphatic heterocycles. The van der Waals surface area contributed by atoms with E-state index in [4.69, 9.17) is 16.6 Å². The molecule has 0 amide bonds. The Balaban J connectivity index is 1.64. The maximum atomic E-state index is 6.10. The first-order valence-electron chi connectivity index (χ1n) is 9.57. The first kappa shape index (κ1) is 19.5. The summed E-state index contributed by atoms with van der Waals surface area (Å²) in [4.78, 5) is 13.9. The lowest BCUT2D eigenvalue weighted by molar-refractivity contribution is 0.462. The van der Waals surface area contributed by atoms with E-state index in [1.807, 2.05) is 37.1 Å². The molecule has 1 N–H and O–H groups in total. The van der Waals surface area contributed by atoms with Gasteiger partial charge in [-0.05, 0) is 37.5 Å². The van der Waals surface area contributed by atoms with Crippen molar-refractivity contribution in [3.8, 4) is 0 Å². The van der Waals surface area contributed by atoms with Crippen molar-refractivity contribution in [3.05, 3.63) is 46.9 Å². The highest BCUT2D eigenvalue weighted by atomic mass is 35.5. The molecule has 27 heavy (non-hydrogen) atoms. The summed E-state index contributed by atoms with van der Waals surface area (Å²) in [6.07, 6.45) is 6.39. The summed E-state index contributed by atoms with van der Waals surface area (Å²) in [5.41, 5.74) is 2.26. The number of aliphatic imine (C=N–C) groups is 1. The number of anilines is 1. The number of nitrogens with one attached hydrogen (secondary N) is 1. The van der Waals surface area contributed by atoms with Crippen molar-refractivity contribution in [1.29, 1.82) is 0 Å². The van der Waals surface area contributed by atoms with E-state index in [0.717, 1.165) is 54.2 Å². The Morgan fingerprint density at radius 2 is 2.11 bits per heavy atom. The highest BCUT2D eigenvalue weighted by Crippen LogP contribution is 2.18. The molecule has 0 saturated carbocycles. The SMILES string of the molecule is CCNC(=NCc1ccc(N2CCCC2)nc1)N(C)Cc1cc(Cl)cn1C. The number of hydrogen-bond donors (Lipinski definition) is 1. The molecule has 0 unspecified atom stereocenters. The summed E-state index contributed by atoms with van der Waals surface area (Å²) >= 11 is 6.10. The van der Waals surface area contributed by atoms with Crippen molar-refractivity contribution < 1.29 is 0 Å². The minimum absolute atomic E-state index is 0.605. The van der Waals surface area contributed by atoms with E-state index in [0.29, 0.717) is 6.54 Å². The summed E-state index contributed by atoms with van der Waals surface area (Å²) in [7, 11) is 4.05. The molecule has 1 saturated heterocycles. The summed E-state index contributed by atoms with van der Waals surface area (Å²) in [5, 5.41) is 4.12. The number of rotatable bonds is 6. The second-order valence-corrected chi connectivity index (χ2v) is 7.44. The highest BCUT2D eigenvalue weighted by molar-refractivity contribution is 6.30. The largest absolute Gasteiger partial charge is 0.357 e. The number of nitrogens with zero attached hydrogens (tertiary/aromatic N) is 5. The van der Waals surface area contributed by atoms with Crippen LogP contribution in [0.1, 0.15) is 31.0 Å². The zero-order valence-electron chi connectivity index (χ0n) is 16.5. The third-order valence-electron chi connectivity index (χ3n) is 4.82. The van der Waals surface area contributed by atoms with Crippen molar-refractivity contribution in [2.75, 3.05) is 31.6 Å². The lowest BCUT2D eigenvalue weighted by Crippen LogP contribution is -2.38. The normalized spacial score (nSPS) is 14.7. The van der Waals surface area contributed by atoms with Gasteiger partial charge in [0.2, 0.25) is 0 Å². The fraction of sp³-hybridized carbons (Fsp3) is 0.500. The minimum atomic E-state index is 0.605. The molecule has 2 aromatic heterocycles. The van der Waals surface area contributed by atoms with Gasteiger partial charge in [-0.3, -0.25) is 0 Å². The standard InChI is InChI=1S/C20H29ClN6/c1-4-22-20(26(3)15-18-11-17(21)14-25(18)2)24-13-16-7-8-19(23-12-16)27-9-5-6-10-27/h7-8,11-12,14H,4-6,9-10,13,15H2,1-3H3,(H,22,24). The number of aromatic nitrogens is 2. The molecular weight excluding hydrogens is 360 g/mol. The van der Waals surface area contributed by atoms with Gasteiger partial charge >= 0.3 is 0 Å². The third-order valence-corrected chi connectivity index (χ3v) is 5.03. The lowest BCUT2D eigenvalue weighted by Gasteiger charge is -2.22. The number of pyridine rings is 1. The second kappa shape index (κ2) is 9.13. The van der Waals surface area contributed by atoms with E-state index >= 15 is 0 Å². The maximum absolute atomic E-state index is 6.10. The third kappa shape index (κ3) is 5.16. The van der Waals surface area contributed by atoms with Crippen LogP contribution in [0.5, 0.6) is 0 Å². The molecule has 3 rings (SSSR count). The fourth-order valence-electron chi connectivity index (χ4n) is 3.32. The van der Waals surface area contributed by atoms with Gasteiger partial charge in [-0.25, -0.2) is 9.98 Å². The van der Waals surface area contributed by atoms with Gasteiger partial charge < -0.3 is 19.7 Å². The number of guanidine groups is 1. The lowest BCUT2D eigenvalue weighted by atomic mass is 10.3. The van der Waals surface area contributed by atoms with Crippen molar-refractivity contribution in [1.82, 2.24) is 19.8 Å². The van der Waals surface area contributed by atoms with E-state index < -0.39 is 0 Å². The van der Waals surface area contributed by atoms with Crippen molar-refractivity contribution >= 4 is 23.4 Å². The summed E-state index contributed by atoms with van der Waals surface area (Å²) in [6, 6.07) is 6.23. The van der Waals surface area contributed by atoms with E-state index in [9.17, 15) is 0 Å². The quantitative estimate of drug-likeness (QED) is 0.609. The zero-order valence-corrected chi connectivity index (χ0v) is 17.2. The maximum Gasteiger partial charge on any atom is 0.194 e. The molecule has 3 heterocycles. The Hall–Kier alpha value is -2.21. The Morgan fingerprint density at radius 1 is 1.33 bits per heavy atom. The average Bonchev–Trinajstić information content (AvgIpc) is 3.29. The van der Waals surface area contributed by atoms with Gasteiger partial charge in [0.1, 0.15) is 5.82 Å². The smallest absolute Gasteiger partial charge is 0.194 e. The Morgan fingerprint density at radius 3 is 2.70 bits per heavy atom. The summed E-state index contributed by atoms with van der Waals surface area (Å²) in [5.74, 6) is 1.95. The topological polar surface area (TPSA) is 48.7 Å². The van der Waals surface area contributed by atoms with Crippen LogP contribution in [0.15, 0.2) is 35.6 Å². The van der Waals surface area contributed by atoms with Crippen molar-refractivity contribution in [2.24, 2.45) is 12.0 Å². The number of aryl methyl sites for hydroxylation is 1. The highest BCUT2D eigenvalue weighted by Gasteiger charge is 2.13.